The van der Waals surface area contributed by atoms with Crippen molar-refractivity contribution in [3.63, 3.8) is 0 Å². The Bertz CT molecular complexity index is 577. The van der Waals surface area contributed by atoms with Crippen LogP contribution in [0.4, 0.5) is 0 Å². The molecule has 128 valence electrons. The summed E-state index contributed by atoms with van der Waals surface area (Å²) in [5.41, 5.74) is 0.437. The molecular weight excluding hydrogens is 411 g/mol. The van der Waals surface area contributed by atoms with Crippen LogP contribution in [0.15, 0.2) is 12.1 Å². The van der Waals surface area contributed by atoms with Crippen LogP contribution in [0.2, 0.25) is 0 Å². The second kappa shape index (κ2) is 8.95. The minimum Gasteiger partial charge on any atom is -0.493 e. The smallest absolute Gasteiger partial charge is 0.253 e. The molecule has 1 aromatic rings. The number of ether oxygens (including phenoxy) is 2. The third kappa shape index (κ3) is 5.26. The molecule has 2 N–H and O–H groups in total. The molecule has 2 unspecified atom stereocenters. The number of methoxy groups -OCH3 is 2. The normalized spacial score (nSPS) is 13.0. The van der Waals surface area contributed by atoms with Gasteiger partial charge < -0.3 is 20.1 Å². The van der Waals surface area contributed by atoms with Crippen molar-refractivity contribution >= 4 is 34.4 Å². The number of rotatable bonds is 7. The standard InChI is InChI=1S/C16H23IN2O4/c1-6-9(2)18-15(20)10(3)19-16(21)11-7-13(22-4)14(23-5)8-12(11)17/h7-10H,6H2,1-5H3,(H,18,20)(H,19,21). The van der Waals surface area contributed by atoms with E-state index in [2.05, 4.69) is 33.2 Å². The lowest BCUT2D eigenvalue weighted by Crippen LogP contribution is -2.47. The quantitative estimate of drug-likeness (QED) is 0.647. The predicted octanol–water partition coefficient (Wildman–Crippen LogP) is 2.34. The molecular formula is C16H23IN2O4. The largest absolute Gasteiger partial charge is 0.493 e. The van der Waals surface area contributed by atoms with E-state index in [9.17, 15) is 9.59 Å². The van der Waals surface area contributed by atoms with Crippen LogP contribution in [0.5, 0.6) is 11.5 Å². The van der Waals surface area contributed by atoms with E-state index < -0.39 is 6.04 Å². The van der Waals surface area contributed by atoms with E-state index in [1.54, 1.807) is 19.1 Å². The Balaban J connectivity index is 2.87. The monoisotopic (exact) mass is 434 g/mol. The van der Waals surface area contributed by atoms with Crippen LogP contribution >= 0.6 is 22.6 Å². The molecule has 0 spiro atoms. The fraction of sp³-hybridized carbons (Fsp3) is 0.500. The molecule has 0 saturated heterocycles. The van der Waals surface area contributed by atoms with E-state index in [0.717, 1.165) is 6.42 Å². The van der Waals surface area contributed by atoms with Crippen molar-refractivity contribution in [2.45, 2.75) is 39.3 Å². The van der Waals surface area contributed by atoms with Gasteiger partial charge in [-0.2, -0.15) is 0 Å². The van der Waals surface area contributed by atoms with Crippen LogP contribution in [0.1, 0.15) is 37.6 Å². The maximum Gasteiger partial charge on any atom is 0.253 e. The molecule has 0 heterocycles. The maximum atomic E-state index is 12.4. The van der Waals surface area contributed by atoms with Crippen molar-refractivity contribution in [1.29, 1.82) is 0 Å². The zero-order valence-corrected chi connectivity index (χ0v) is 16.2. The Labute approximate surface area is 150 Å². The average Bonchev–Trinajstić information content (AvgIpc) is 2.53. The number of benzene rings is 1. The van der Waals surface area contributed by atoms with Gasteiger partial charge in [0.2, 0.25) is 5.91 Å². The molecule has 0 aromatic heterocycles. The molecule has 7 heteroatoms. The summed E-state index contributed by atoms with van der Waals surface area (Å²) in [6.45, 7) is 5.56. The summed E-state index contributed by atoms with van der Waals surface area (Å²) in [6, 6.07) is 2.77. The second-order valence-electron chi connectivity index (χ2n) is 5.20. The number of halogens is 1. The third-order valence-corrected chi connectivity index (χ3v) is 4.35. The molecule has 0 aliphatic heterocycles. The Morgan fingerprint density at radius 1 is 1.13 bits per heavy atom. The summed E-state index contributed by atoms with van der Waals surface area (Å²) in [5.74, 6) is 0.483. The molecule has 6 nitrogen and oxygen atoms in total. The van der Waals surface area contributed by atoms with Gasteiger partial charge >= 0.3 is 0 Å². The van der Waals surface area contributed by atoms with Gasteiger partial charge in [0.25, 0.3) is 5.91 Å². The highest BCUT2D eigenvalue weighted by Gasteiger charge is 2.20. The van der Waals surface area contributed by atoms with Crippen LogP contribution in [0.3, 0.4) is 0 Å². The SMILES string of the molecule is CCC(C)NC(=O)C(C)NC(=O)c1cc(OC)c(OC)cc1I. The minimum atomic E-state index is -0.625. The van der Waals surface area contributed by atoms with E-state index in [1.165, 1.54) is 14.2 Å². The Kier molecular flexibility index (Phi) is 7.60. The summed E-state index contributed by atoms with van der Waals surface area (Å²) < 4.78 is 11.1. The maximum absolute atomic E-state index is 12.4. The van der Waals surface area contributed by atoms with Crippen molar-refractivity contribution in [2.24, 2.45) is 0 Å². The molecule has 1 aromatic carbocycles. The topological polar surface area (TPSA) is 76.7 Å². The number of nitrogens with one attached hydrogen (secondary N) is 2. The highest BCUT2D eigenvalue weighted by atomic mass is 127. The molecule has 0 radical (unpaired) electrons. The number of carbonyl (C=O) groups is 2. The van der Waals surface area contributed by atoms with Crippen LogP contribution in [-0.2, 0) is 4.79 Å². The van der Waals surface area contributed by atoms with E-state index >= 15 is 0 Å². The molecule has 0 aliphatic rings. The summed E-state index contributed by atoms with van der Waals surface area (Å²) in [4.78, 5) is 24.4. The molecule has 0 bridgehead atoms. The highest BCUT2D eigenvalue weighted by molar-refractivity contribution is 14.1. The summed E-state index contributed by atoms with van der Waals surface area (Å²) in [6.07, 6.45) is 0.833. The fourth-order valence-electron chi connectivity index (χ4n) is 1.84. The number of hydrogen-bond donors (Lipinski definition) is 2. The van der Waals surface area contributed by atoms with Gasteiger partial charge in [0.1, 0.15) is 6.04 Å². The zero-order chi connectivity index (χ0) is 17.6. The van der Waals surface area contributed by atoms with Gasteiger partial charge in [-0.3, -0.25) is 9.59 Å². The van der Waals surface area contributed by atoms with Crippen molar-refractivity contribution in [3.8, 4) is 11.5 Å². The molecule has 0 fully saturated rings. The Hall–Kier alpha value is -1.51. The van der Waals surface area contributed by atoms with Crippen LogP contribution < -0.4 is 20.1 Å². The second-order valence-corrected chi connectivity index (χ2v) is 6.36. The molecule has 0 saturated carbocycles. The molecule has 0 aliphatic carbocycles. The lowest BCUT2D eigenvalue weighted by molar-refractivity contribution is -0.123. The van der Waals surface area contributed by atoms with Gasteiger partial charge in [-0.25, -0.2) is 0 Å². The highest BCUT2D eigenvalue weighted by Crippen LogP contribution is 2.31. The third-order valence-electron chi connectivity index (χ3n) is 3.46. The average molecular weight is 434 g/mol. The fourth-order valence-corrected chi connectivity index (χ4v) is 2.52. The first-order valence-electron chi connectivity index (χ1n) is 7.36. The van der Waals surface area contributed by atoms with Gasteiger partial charge in [0.15, 0.2) is 11.5 Å². The summed E-state index contributed by atoms with van der Waals surface area (Å²) >= 11 is 2.05. The molecule has 2 amide bonds. The van der Waals surface area contributed by atoms with Gasteiger partial charge in [0.05, 0.1) is 19.8 Å². The summed E-state index contributed by atoms with van der Waals surface area (Å²) in [7, 11) is 3.05. The van der Waals surface area contributed by atoms with Crippen LogP contribution in [0.25, 0.3) is 0 Å². The van der Waals surface area contributed by atoms with E-state index in [4.69, 9.17) is 9.47 Å². The summed E-state index contributed by atoms with van der Waals surface area (Å²) in [5, 5.41) is 5.54. The molecule has 23 heavy (non-hydrogen) atoms. The number of amides is 2. The lowest BCUT2D eigenvalue weighted by Gasteiger charge is -2.18. The number of hydrogen-bond acceptors (Lipinski definition) is 4. The van der Waals surface area contributed by atoms with E-state index in [0.29, 0.717) is 20.6 Å². The Morgan fingerprint density at radius 3 is 2.22 bits per heavy atom. The lowest BCUT2D eigenvalue weighted by atomic mass is 10.1. The van der Waals surface area contributed by atoms with E-state index in [1.807, 2.05) is 13.8 Å². The first-order chi connectivity index (χ1) is 10.8. The van der Waals surface area contributed by atoms with Crippen LogP contribution in [0, 0.1) is 3.57 Å². The van der Waals surface area contributed by atoms with Gasteiger partial charge in [0, 0.05) is 9.61 Å². The molecule has 2 atom stereocenters. The first kappa shape index (κ1) is 19.5. The van der Waals surface area contributed by atoms with E-state index in [-0.39, 0.29) is 17.9 Å². The van der Waals surface area contributed by atoms with Gasteiger partial charge in [-0.1, -0.05) is 6.92 Å². The zero-order valence-electron chi connectivity index (χ0n) is 14.0. The van der Waals surface area contributed by atoms with Crippen molar-refractivity contribution in [2.75, 3.05) is 14.2 Å². The predicted molar refractivity (Wildman–Crippen MR) is 97.1 cm³/mol. The minimum absolute atomic E-state index is 0.0723. The Morgan fingerprint density at radius 2 is 1.70 bits per heavy atom. The van der Waals surface area contributed by atoms with Crippen molar-refractivity contribution < 1.29 is 19.1 Å². The number of carbonyl (C=O) groups excluding carboxylic acids is 2. The van der Waals surface area contributed by atoms with Crippen molar-refractivity contribution in [1.82, 2.24) is 10.6 Å². The van der Waals surface area contributed by atoms with Gasteiger partial charge in [-0.15, -0.1) is 0 Å². The molecule has 1 rings (SSSR count). The van der Waals surface area contributed by atoms with Gasteiger partial charge in [-0.05, 0) is 55.0 Å². The van der Waals surface area contributed by atoms with Crippen molar-refractivity contribution in [3.05, 3.63) is 21.3 Å². The van der Waals surface area contributed by atoms with Crippen LogP contribution in [-0.4, -0.2) is 38.1 Å². The first-order valence-corrected chi connectivity index (χ1v) is 8.44.